The molecule has 4 aromatic rings. The fourth-order valence-corrected chi connectivity index (χ4v) is 4.04. The Morgan fingerprint density at radius 2 is 1.70 bits per heavy atom. The Hall–Kier alpha value is -3.54. The third-order valence-corrected chi connectivity index (χ3v) is 6.12. The standard InChI is InChI=1S/C22H23N5O5S/c1-31-12-13-32-22(28)18-19-21(26-17-5-3-2-4-16(17)25-19)27(20(18)23)11-10-14-6-8-15(9-7-14)33(24,29)30/h2-9H,10-13,23H2,1H3,(H2,24,29,30). The highest BCUT2D eigenvalue weighted by molar-refractivity contribution is 7.89. The van der Waals surface area contributed by atoms with Crippen LogP contribution in [0.5, 0.6) is 0 Å². The van der Waals surface area contributed by atoms with Gasteiger partial charge >= 0.3 is 5.97 Å². The van der Waals surface area contributed by atoms with Crippen LogP contribution < -0.4 is 10.9 Å². The molecule has 0 aliphatic rings. The van der Waals surface area contributed by atoms with Crippen LogP contribution >= 0.6 is 0 Å². The molecule has 2 aromatic carbocycles. The molecule has 0 amide bonds. The minimum atomic E-state index is -3.76. The second-order valence-corrected chi connectivity index (χ2v) is 8.93. The first-order chi connectivity index (χ1) is 15.8. The minimum absolute atomic E-state index is 0.0376. The van der Waals surface area contributed by atoms with Crippen molar-refractivity contribution in [2.45, 2.75) is 17.9 Å². The van der Waals surface area contributed by atoms with Crippen molar-refractivity contribution in [3.05, 3.63) is 59.7 Å². The maximum absolute atomic E-state index is 12.8. The summed E-state index contributed by atoms with van der Waals surface area (Å²) in [5.41, 5.74) is 9.53. The van der Waals surface area contributed by atoms with E-state index >= 15 is 0 Å². The van der Waals surface area contributed by atoms with E-state index in [0.717, 1.165) is 5.56 Å². The summed E-state index contributed by atoms with van der Waals surface area (Å²) in [6.45, 7) is 0.724. The average Bonchev–Trinajstić information content (AvgIpc) is 3.06. The van der Waals surface area contributed by atoms with Crippen molar-refractivity contribution in [3.63, 3.8) is 0 Å². The number of fused-ring (bicyclic) bond motifs is 2. The highest BCUT2D eigenvalue weighted by Gasteiger charge is 2.25. The molecule has 0 aliphatic heterocycles. The lowest BCUT2D eigenvalue weighted by Gasteiger charge is -2.09. The smallest absolute Gasteiger partial charge is 0.344 e. The lowest BCUT2D eigenvalue weighted by molar-refractivity contribution is 0.0391. The van der Waals surface area contributed by atoms with E-state index in [-0.39, 0.29) is 29.5 Å². The van der Waals surface area contributed by atoms with Gasteiger partial charge in [0.15, 0.2) is 5.65 Å². The van der Waals surface area contributed by atoms with E-state index in [0.29, 0.717) is 35.2 Å². The molecule has 0 unspecified atom stereocenters. The van der Waals surface area contributed by atoms with Gasteiger partial charge in [0.05, 0.1) is 22.5 Å². The molecule has 172 valence electrons. The summed E-state index contributed by atoms with van der Waals surface area (Å²) < 4.78 is 34.9. The predicted octanol–water partition coefficient (Wildman–Crippen LogP) is 1.86. The number of anilines is 1. The van der Waals surface area contributed by atoms with Crippen LogP contribution in [0.1, 0.15) is 15.9 Å². The van der Waals surface area contributed by atoms with Crippen molar-refractivity contribution >= 4 is 44.0 Å². The van der Waals surface area contributed by atoms with Crippen LogP contribution in [-0.2, 0) is 32.5 Å². The Kier molecular flexibility index (Phi) is 6.27. The van der Waals surface area contributed by atoms with Crippen LogP contribution in [0.2, 0.25) is 0 Å². The number of para-hydroxylation sites is 2. The molecule has 33 heavy (non-hydrogen) atoms. The number of nitrogens with two attached hydrogens (primary N) is 2. The van der Waals surface area contributed by atoms with Crippen LogP contribution in [0.15, 0.2) is 53.4 Å². The van der Waals surface area contributed by atoms with E-state index in [1.165, 1.54) is 19.2 Å². The number of hydrogen-bond acceptors (Lipinski definition) is 8. The summed E-state index contributed by atoms with van der Waals surface area (Å²) in [6, 6.07) is 13.6. The van der Waals surface area contributed by atoms with Crippen LogP contribution in [-0.4, -0.2) is 49.2 Å². The second-order valence-electron chi connectivity index (χ2n) is 7.36. The molecular formula is C22H23N5O5S. The first-order valence-electron chi connectivity index (χ1n) is 10.1. The van der Waals surface area contributed by atoms with Gasteiger partial charge in [-0.15, -0.1) is 0 Å². The first kappa shape index (κ1) is 22.6. The van der Waals surface area contributed by atoms with E-state index in [1.54, 1.807) is 16.7 Å². The quantitative estimate of drug-likeness (QED) is 0.293. The van der Waals surface area contributed by atoms with E-state index < -0.39 is 16.0 Å². The van der Waals surface area contributed by atoms with Gasteiger partial charge in [-0.1, -0.05) is 24.3 Å². The van der Waals surface area contributed by atoms with Crippen molar-refractivity contribution in [1.29, 1.82) is 0 Å². The Labute approximate surface area is 190 Å². The molecule has 0 aliphatic carbocycles. The Bertz CT molecular complexity index is 1430. The molecule has 4 N–H and O–H groups in total. The summed E-state index contributed by atoms with van der Waals surface area (Å²) in [5.74, 6) is -0.403. The number of hydrogen-bond donors (Lipinski definition) is 2. The maximum atomic E-state index is 12.8. The number of benzene rings is 2. The monoisotopic (exact) mass is 469 g/mol. The van der Waals surface area contributed by atoms with Gasteiger partial charge in [0.25, 0.3) is 0 Å². The number of carbonyl (C=O) groups is 1. The van der Waals surface area contributed by atoms with Crippen molar-refractivity contribution in [3.8, 4) is 0 Å². The summed E-state index contributed by atoms with van der Waals surface area (Å²) in [7, 11) is -2.25. The molecule has 0 atom stereocenters. The number of aromatic nitrogens is 3. The lowest BCUT2D eigenvalue weighted by atomic mass is 10.1. The predicted molar refractivity (Wildman–Crippen MR) is 123 cm³/mol. The SMILES string of the molecule is COCCOC(=O)c1c(N)n(CCc2ccc(S(N)(=O)=O)cc2)c2nc3ccccc3nc12. The lowest BCUT2D eigenvalue weighted by Crippen LogP contribution is -2.13. The van der Waals surface area contributed by atoms with Crippen molar-refractivity contribution in [1.82, 2.24) is 14.5 Å². The van der Waals surface area contributed by atoms with Crippen LogP contribution in [0, 0.1) is 0 Å². The number of ether oxygens (including phenoxy) is 2. The van der Waals surface area contributed by atoms with Gasteiger partial charge in [0.1, 0.15) is 23.5 Å². The third-order valence-electron chi connectivity index (χ3n) is 5.19. The van der Waals surface area contributed by atoms with Crippen molar-refractivity contribution in [2.75, 3.05) is 26.1 Å². The zero-order valence-electron chi connectivity index (χ0n) is 17.9. The number of rotatable bonds is 8. The molecule has 0 saturated heterocycles. The molecular weight excluding hydrogens is 446 g/mol. The number of nitrogen functional groups attached to an aromatic ring is 1. The summed E-state index contributed by atoms with van der Waals surface area (Å²) in [4.78, 5) is 22.2. The van der Waals surface area contributed by atoms with E-state index in [9.17, 15) is 13.2 Å². The number of esters is 1. The molecule has 2 aromatic heterocycles. The van der Waals surface area contributed by atoms with E-state index in [1.807, 2.05) is 24.3 Å². The molecule has 0 radical (unpaired) electrons. The first-order valence-corrected chi connectivity index (χ1v) is 11.7. The molecule has 4 rings (SSSR count). The average molecular weight is 470 g/mol. The van der Waals surface area contributed by atoms with Gasteiger partial charge in [0, 0.05) is 13.7 Å². The van der Waals surface area contributed by atoms with Gasteiger partial charge < -0.3 is 19.8 Å². The van der Waals surface area contributed by atoms with Crippen LogP contribution in [0.4, 0.5) is 5.82 Å². The van der Waals surface area contributed by atoms with Gasteiger partial charge in [-0.2, -0.15) is 0 Å². The summed E-state index contributed by atoms with van der Waals surface area (Å²) in [5, 5.41) is 5.16. The molecule has 11 heteroatoms. The Morgan fingerprint density at radius 3 is 2.33 bits per heavy atom. The highest BCUT2D eigenvalue weighted by atomic mass is 32.2. The fourth-order valence-electron chi connectivity index (χ4n) is 3.52. The number of carbonyl (C=O) groups excluding carboxylic acids is 1. The molecule has 2 heterocycles. The number of methoxy groups -OCH3 is 1. The Balaban J connectivity index is 1.72. The third kappa shape index (κ3) is 4.65. The largest absolute Gasteiger partial charge is 0.459 e. The van der Waals surface area contributed by atoms with Gasteiger partial charge in [0.2, 0.25) is 10.0 Å². The molecule has 0 spiro atoms. The van der Waals surface area contributed by atoms with Gasteiger partial charge in [-0.3, -0.25) is 0 Å². The highest BCUT2D eigenvalue weighted by Crippen LogP contribution is 2.29. The van der Waals surface area contributed by atoms with E-state index in [4.69, 9.17) is 20.3 Å². The molecule has 0 bridgehead atoms. The van der Waals surface area contributed by atoms with Crippen LogP contribution in [0.3, 0.4) is 0 Å². The fraction of sp³-hybridized carbons (Fsp3) is 0.227. The van der Waals surface area contributed by atoms with Gasteiger partial charge in [-0.05, 0) is 36.2 Å². The molecule has 0 fully saturated rings. The minimum Gasteiger partial charge on any atom is -0.459 e. The molecule has 0 saturated carbocycles. The second kappa shape index (κ2) is 9.14. The zero-order chi connectivity index (χ0) is 23.6. The maximum Gasteiger partial charge on any atom is 0.344 e. The summed E-state index contributed by atoms with van der Waals surface area (Å²) in [6.07, 6.45) is 0.506. The van der Waals surface area contributed by atoms with E-state index in [2.05, 4.69) is 9.97 Å². The normalized spacial score (nSPS) is 11.8. The number of primary sulfonamides is 1. The van der Waals surface area contributed by atoms with Gasteiger partial charge in [-0.25, -0.2) is 28.3 Å². The summed E-state index contributed by atoms with van der Waals surface area (Å²) >= 11 is 0. The topological polar surface area (TPSA) is 152 Å². The Morgan fingerprint density at radius 1 is 1.03 bits per heavy atom. The number of nitrogens with zero attached hydrogens (tertiary/aromatic N) is 3. The zero-order valence-corrected chi connectivity index (χ0v) is 18.7. The van der Waals surface area contributed by atoms with Crippen molar-refractivity contribution in [2.24, 2.45) is 5.14 Å². The van der Waals surface area contributed by atoms with Crippen LogP contribution in [0.25, 0.3) is 22.2 Å². The van der Waals surface area contributed by atoms with Crippen molar-refractivity contribution < 1.29 is 22.7 Å². The molecule has 10 nitrogen and oxygen atoms in total. The number of sulfonamides is 1. The number of aryl methyl sites for hydroxylation is 2.